The summed E-state index contributed by atoms with van der Waals surface area (Å²) in [5, 5.41) is 22.2. The van der Waals surface area contributed by atoms with Crippen LogP contribution in [0.25, 0.3) is 0 Å². The summed E-state index contributed by atoms with van der Waals surface area (Å²) < 4.78 is 0. The minimum atomic E-state index is -1.18. The molecule has 2 atom stereocenters. The molecule has 0 aliphatic heterocycles. The maximum atomic E-state index is 11.7. The van der Waals surface area contributed by atoms with Crippen LogP contribution in [-0.4, -0.2) is 35.0 Å². The molecule has 0 aliphatic rings. The predicted molar refractivity (Wildman–Crippen MR) is 80.8 cm³/mol. The van der Waals surface area contributed by atoms with E-state index < -0.39 is 29.9 Å². The monoisotopic (exact) mass is 318 g/mol. The van der Waals surface area contributed by atoms with Crippen LogP contribution >= 0.6 is 0 Å². The molecule has 5 N–H and O–H groups in total. The summed E-state index contributed by atoms with van der Waals surface area (Å²) in [6, 6.07) is 6.47. The number of hydrogen-bond acceptors (Lipinski definition) is 5. The second-order valence-corrected chi connectivity index (χ2v) is 4.96. The zero-order valence-corrected chi connectivity index (χ0v) is 12.6. The molecule has 0 fully saturated rings. The van der Waals surface area contributed by atoms with Crippen LogP contribution in [0, 0.1) is 11.3 Å². The normalized spacial score (nSPS) is 12.6. The number of carboxylic acid groups (broad SMARTS) is 1. The van der Waals surface area contributed by atoms with Crippen molar-refractivity contribution in [3.8, 4) is 6.07 Å². The molecule has 0 saturated heterocycles. The van der Waals surface area contributed by atoms with Gasteiger partial charge >= 0.3 is 5.97 Å². The third kappa shape index (κ3) is 6.15. The van der Waals surface area contributed by atoms with Crippen LogP contribution in [0.4, 0.5) is 0 Å². The first-order chi connectivity index (χ1) is 10.8. The van der Waals surface area contributed by atoms with Crippen molar-refractivity contribution < 1.29 is 19.5 Å². The molecule has 8 nitrogen and oxygen atoms in total. The molecule has 122 valence electrons. The maximum absolute atomic E-state index is 11.7. The molecule has 1 unspecified atom stereocenters. The highest BCUT2D eigenvalue weighted by molar-refractivity contribution is 5.90. The van der Waals surface area contributed by atoms with Gasteiger partial charge in [-0.25, -0.2) is 0 Å². The van der Waals surface area contributed by atoms with E-state index in [0.29, 0.717) is 5.56 Å². The fourth-order valence-corrected chi connectivity index (χ4v) is 1.64. The zero-order chi connectivity index (χ0) is 17.4. The Labute approximate surface area is 133 Å². The molecular weight excluding hydrogens is 300 g/mol. The molecule has 0 radical (unpaired) electrons. The van der Waals surface area contributed by atoms with Crippen molar-refractivity contribution in [3.63, 3.8) is 0 Å². The Bertz CT molecular complexity index is 621. The molecule has 2 amide bonds. The maximum Gasteiger partial charge on any atom is 0.325 e. The van der Waals surface area contributed by atoms with Gasteiger partial charge in [-0.15, -0.1) is 0 Å². The second kappa shape index (κ2) is 8.51. The number of nitrogens with two attached hydrogens (primary N) is 1. The first kappa shape index (κ1) is 18.1. The van der Waals surface area contributed by atoms with Gasteiger partial charge in [-0.05, 0) is 24.6 Å². The Kier molecular flexibility index (Phi) is 6.70. The zero-order valence-electron chi connectivity index (χ0n) is 12.6. The number of nitriles is 1. The van der Waals surface area contributed by atoms with Crippen LogP contribution < -0.4 is 16.4 Å². The van der Waals surface area contributed by atoms with Gasteiger partial charge in [-0.1, -0.05) is 12.1 Å². The standard InChI is InChI=1S/C15H18N4O4/c1-9(15(22)23)19-14(21)12(17)6-13(20)18-8-11-4-2-10(7-16)3-5-11/h2-5,9,12H,6,8,17H2,1H3,(H,18,20)(H,19,21)(H,22,23)/t9-,12?/m1/s1. The van der Waals surface area contributed by atoms with Crippen molar-refractivity contribution in [2.45, 2.75) is 32.0 Å². The number of amides is 2. The van der Waals surface area contributed by atoms with Gasteiger partial charge in [0.15, 0.2) is 0 Å². The van der Waals surface area contributed by atoms with Crippen LogP contribution in [0.5, 0.6) is 0 Å². The highest BCUT2D eigenvalue weighted by atomic mass is 16.4. The molecule has 23 heavy (non-hydrogen) atoms. The number of nitrogens with zero attached hydrogens (tertiary/aromatic N) is 1. The second-order valence-electron chi connectivity index (χ2n) is 4.96. The van der Waals surface area contributed by atoms with Crippen LogP contribution in [0.2, 0.25) is 0 Å². The lowest BCUT2D eigenvalue weighted by Crippen LogP contribution is -2.48. The van der Waals surface area contributed by atoms with E-state index >= 15 is 0 Å². The summed E-state index contributed by atoms with van der Waals surface area (Å²) in [6.07, 6.45) is -0.256. The van der Waals surface area contributed by atoms with E-state index in [4.69, 9.17) is 16.1 Å². The summed E-state index contributed by atoms with van der Waals surface area (Å²) in [7, 11) is 0. The Morgan fingerprint density at radius 3 is 2.43 bits per heavy atom. The summed E-state index contributed by atoms with van der Waals surface area (Å²) >= 11 is 0. The van der Waals surface area contributed by atoms with Gasteiger partial charge in [0.1, 0.15) is 6.04 Å². The van der Waals surface area contributed by atoms with Crippen molar-refractivity contribution >= 4 is 17.8 Å². The van der Waals surface area contributed by atoms with Gasteiger partial charge in [0.25, 0.3) is 0 Å². The Morgan fingerprint density at radius 2 is 1.91 bits per heavy atom. The summed E-state index contributed by atoms with van der Waals surface area (Å²) in [5.74, 6) is -2.32. The van der Waals surface area contributed by atoms with E-state index in [1.54, 1.807) is 24.3 Å². The van der Waals surface area contributed by atoms with E-state index in [0.717, 1.165) is 5.56 Å². The molecule has 0 aliphatic carbocycles. The predicted octanol–water partition coefficient (Wildman–Crippen LogP) is -0.519. The third-order valence-corrected chi connectivity index (χ3v) is 3.04. The van der Waals surface area contributed by atoms with Gasteiger partial charge < -0.3 is 21.5 Å². The number of benzene rings is 1. The molecular formula is C15H18N4O4. The molecule has 1 rings (SSSR count). The van der Waals surface area contributed by atoms with E-state index in [1.807, 2.05) is 6.07 Å². The first-order valence-electron chi connectivity index (χ1n) is 6.88. The molecule has 0 heterocycles. The minimum absolute atomic E-state index is 0.240. The van der Waals surface area contributed by atoms with Gasteiger partial charge in [0.05, 0.1) is 24.1 Å². The number of hydrogen-bond donors (Lipinski definition) is 4. The van der Waals surface area contributed by atoms with Gasteiger partial charge in [-0.2, -0.15) is 5.26 Å². The summed E-state index contributed by atoms with van der Waals surface area (Å²) in [5.41, 5.74) is 6.89. The molecule has 0 aromatic heterocycles. The molecule has 1 aromatic carbocycles. The number of rotatable bonds is 7. The van der Waals surface area contributed by atoms with Crippen LogP contribution in [0.3, 0.4) is 0 Å². The van der Waals surface area contributed by atoms with Crippen molar-refractivity contribution in [2.75, 3.05) is 0 Å². The van der Waals surface area contributed by atoms with E-state index in [1.165, 1.54) is 6.92 Å². The lowest BCUT2D eigenvalue weighted by molar-refractivity contribution is -0.141. The molecule has 0 spiro atoms. The molecule has 0 bridgehead atoms. The van der Waals surface area contributed by atoms with Crippen molar-refractivity contribution in [3.05, 3.63) is 35.4 Å². The number of carbonyl (C=O) groups excluding carboxylic acids is 2. The smallest absolute Gasteiger partial charge is 0.325 e. The largest absolute Gasteiger partial charge is 0.480 e. The fraction of sp³-hybridized carbons (Fsp3) is 0.333. The Balaban J connectivity index is 2.41. The Hall–Kier alpha value is -2.92. The number of carboxylic acids is 1. The third-order valence-electron chi connectivity index (χ3n) is 3.04. The minimum Gasteiger partial charge on any atom is -0.480 e. The van der Waals surface area contributed by atoms with E-state index in [-0.39, 0.29) is 13.0 Å². The molecule has 1 aromatic rings. The number of aliphatic carboxylic acids is 1. The Morgan fingerprint density at radius 1 is 1.30 bits per heavy atom. The molecule has 0 saturated carbocycles. The van der Waals surface area contributed by atoms with Gasteiger partial charge in [0, 0.05) is 6.54 Å². The number of carbonyl (C=O) groups is 3. The summed E-state index contributed by atoms with van der Waals surface area (Å²) in [4.78, 5) is 34.0. The average molecular weight is 318 g/mol. The lowest BCUT2D eigenvalue weighted by atomic mass is 10.1. The van der Waals surface area contributed by atoms with Gasteiger partial charge in [0.2, 0.25) is 11.8 Å². The highest BCUT2D eigenvalue weighted by Crippen LogP contribution is 2.03. The molecule has 8 heteroatoms. The van der Waals surface area contributed by atoms with Crippen LogP contribution in [0.1, 0.15) is 24.5 Å². The quantitative estimate of drug-likeness (QED) is 0.532. The topological polar surface area (TPSA) is 145 Å². The van der Waals surface area contributed by atoms with Crippen LogP contribution in [0.15, 0.2) is 24.3 Å². The van der Waals surface area contributed by atoms with Crippen molar-refractivity contribution in [1.29, 1.82) is 5.26 Å². The van der Waals surface area contributed by atoms with E-state index in [9.17, 15) is 14.4 Å². The SMILES string of the molecule is C[C@@H](NC(=O)C(N)CC(=O)NCc1ccc(C#N)cc1)C(=O)O. The van der Waals surface area contributed by atoms with Crippen LogP contribution in [-0.2, 0) is 20.9 Å². The summed E-state index contributed by atoms with van der Waals surface area (Å²) in [6.45, 7) is 1.54. The first-order valence-corrected chi connectivity index (χ1v) is 6.88. The fourth-order valence-electron chi connectivity index (χ4n) is 1.64. The van der Waals surface area contributed by atoms with E-state index in [2.05, 4.69) is 10.6 Å². The lowest BCUT2D eigenvalue weighted by Gasteiger charge is -2.14. The number of nitrogens with one attached hydrogen (secondary N) is 2. The van der Waals surface area contributed by atoms with Gasteiger partial charge in [-0.3, -0.25) is 14.4 Å². The highest BCUT2D eigenvalue weighted by Gasteiger charge is 2.21. The van der Waals surface area contributed by atoms with Crippen molar-refractivity contribution in [1.82, 2.24) is 10.6 Å². The van der Waals surface area contributed by atoms with Crippen molar-refractivity contribution in [2.24, 2.45) is 5.73 Å². The average Bonchev–Trinajstić information content (AvgIpc) is 2.53.